The molecule has 0 aromatic rings. The van der Waals surface area contributed by atoms with Gasteiger partial charge in [0.2, 0.25) is 11.8 Å². The molecule has 110 valence electrons. The van der Waals surface area contributed by atoms with Gasteiger partial charge in [-0.25, -0.2) is 0 Å². The number of hydrogen-bond donors (Lipinski definition) is 1. The maximum atomic E-state index is 11.9. The van der Waals surface area contributed by atoms with Crippen molar-refractivity contribution >= 4 is 11.8 Å². The molecular weight excluding hydrogens is 240 g/mol. The SMILES string of the molecule is CCCCCCN1CC(C(=O)NCCCC)CC1=O. The standard InChI is InChI=1S/C15H28N2O2/c1-3-5-7-8-10-17-12-13(11-14(17)18)15(19)16-9-6-4-2/h13H,3-12H2,1-2H3,(H,16,19). The monoisotopic (exact) mass is 268 g/mol. The van der Waals surface area contributed by atoms with Gasteiger partial charge in [-0.15, -0.1) is 0 Å². The Balaban J connectivity index is 2.25. The van der Waals surface area contributed by atoms with Crippen LogP contribution in [0.15, 0.2) is 0 Å². The molecule has 0 bridgehead atoms. The first-order chi connectivity index (χ1) is 9.19. The van der Waals surface area contributed by atoms with E-state index in [0.29, 0.717) is 13.0 Å². The zero-order valence-electron chi connectivity index (χ0n) is 12.4. The summed E-state index contributed by atoms with van der Waals surface area (Å²) in [5.41, 5.74) is 0. The summed E-state index contributed by atoms with van der Waals surface area (Å²) < 4.78 is 0. The minimum atomic E-state index is -0.129. The number of unbranched alkanes of at least 4 members (excludes halogenated alkanes) is 4. The third-order valence-corrected chi connectivity index (χ3v) is 3.70. The van der Waals surface area contributed by atoms with E-state index in [0.717, 1.165) is 32.4 Å². The molecule has 0 aromatic heterocycles. The first kappa shape index (κ1) is 16.0. The van der Waals surface area contributed by atoms with Crippen molar-refractivity contribution in [2.75, 3.05) is 19.6 Å². The van der Waals surface area contributed by atoms with E-state index in [1.807, 2.05) is 4.90 Å². The number of likely N-dealkylation sites (tertiary alicyclic amines) is 1. The molecule has 0 spiro atoms. The zero-order chi connectivity index (χ0) is 14.1. The van der Waals surface area contributed by atoms with Crippen LogP contribution in [0.25, 0.3) is 0 Å². The van der Waals surface area contributed by atoms with Gasteiger partial charge in [0.05, 0.1) is 5.92 Å². The summed E-state index contributed by atoms with van der Waals surface area (Å²) in [5.74, 6) is 0.0699. The fourth-order valence-electron chi connectivity index (χ4n) is 2.43. The Hall–Kier alpha value is -1.06. The molecule has 4 heteroatoms. The average molecular weight is 268 g/mol. The van der Waals surface area contributed by atoms with E-state index in [-0.39, 0.29) is 17.7 Å². The molecule has 4 nitrogen and oxygen atoms in total. The van der Waals surface area contributed by atoms with Crippen molar-refractivity contribution in [1.82, 2.24) is 10.2 Å². The number of rotatable bonds is 9. The van der Waals surface area contributed by atoms with Crippen LogP contribution in [-0.2, 0) is 9.59 Å². The Bertz CT molecular complexity index is 292. The van der Waals surface area contributed by atoms with Crippen molar-refractivity contribution in [3.63, 3.8) is 0 Å². The highest BCUT2D eigenvalue weighted by Gasteiger charge is 2.33. The molecule has 1 rings (SSSR count). The quantitative estimate of drug-likeness (QED) is 0.652. The molecular formula is C15H28N2O2. The molecule has 0 aromatic carbocycles. The van der Waals surface area contributed by atoms with Crippen LogP contribution < -0.4 is 5.32 Å². The zero-order valence-corrected chi connectivity index (χ0v) is 12.4. The van der Waals surface area contributed by atoms with E-state index in [1.165, 1.54) is 19.3 Å². The number of hydrogen-bond acceptors (Lipinski definition) is 2. The fourth-order valence-corrected chi connectivity index (χ4v) is 2.43. The van der Waals surface area contributed by atoms with Crippen LogP contribution in [0.4, 0.5) is 0 Å². The van der Waals surface area contributed by atoms with E-state index in [4.69, 9.17) is 0 Å². The highest BCUT2D eigenvalue weighted by molar-refractivity contribution is 5.89. The lowest BCUT2D eigenvalue weighted by Gasteiger charge is -2.16. The van der Waals surface area contributed by atoms with Gasteiger partial charge < -0.3 is 10.2 Å². The maximum Gasteiger partial charge on any atom is 0.225 e. The lowest BCUT2D eigenvalue weighted by atomic mass is 10.1. The molecule has 0 radical (unpaired) electrons. The summed E-state index contributed by atoms with van der Waals surface area (Å²) in [6.07, 6.45) is 7.14. The molecule has 0 saturated carbocycles. The fraction of sp³-hybridized carbons (Fsp3) is 0.867. The lowest BCUT2D eigenvalue weighted by Crippen LogP contribution is -2.33. The van der Waals surface area contributed by atoms with Gasteiger partial charge in [-0.2, -0.15) is 0 Å². The van der Waals surface area contributed by atoms with Crippen molar-refractivity contribution in [3.8, 4) is 0 Å². The van der Waals surface area contributed by atoms with Crippen LogP contribution in [0.3, 0.4) is 0 Å². The second kappa shape index (κ2) is 8.94. The summed E-state index contributed by atoms with van der Waals surface area (Å²) in [4.78, 5) is 25.6. The predicted octanol–water partition coefficient (Wildman–Crippen LogP) is 2.33. The van der Waals surface area contributed by atoms with Gasteiger partial charge in [0.25, 0.3) is 0 Å². The first-order valence-corrected chi connectivity index (χ1v) is 7.74. The third kappa shape index (κ3) is 5.62. The topological polar surface area (TPSA) is 49.4 Å². The molecule has 1 N–H and O–H groups in total. The van der Waals surface area contributed by atoms with Crippen molar-refractivity contribution in [2.45, 2.75) is 58.8 Å². The Morgan fingerprint density at radius 2 is 1.95 bits per heavy atom. The Kier molecular flexibility index (Phi) is 7.53. The summed E-state index contributed by atoms with van der Waals surface area (Å²) >= 11 is 0. The van der Waals surface area contributed by atoms with E-state index in [2.05, 4.69) is 19.2 Å². The summed E-state index contributed by atoms with van der Waals surface area (Å²) in [6.45, 7) is 6.44. The van der Waals surface area contributed by atoms with E-state index in [9.17, 15) is 9.59 Å². The normalized spacial score (nSPS) is 18.9. The van der Waals surface area contributed by atoms with Gasteiger partial charge in [0.1, 0.15) is 0 Å². The van der Waals surface area contributed by atoms with Gasteiger partial charge in [0, 0.05) is 26.1 Å². The minimum absolute atomic E-state index is 0.0536. The van der Waals surface area contributed by atoms with Crippen molar-refractivity contribution in [1.29, 1.82) is 0 Å². The number of carbonyl (C=O) groups is 2. The van der Waals surface area contributed by atoms with Crippen LogP contribution in [0, 0.1) is 5.92 Å². The second-order valence-corrected chi connectivity index (χ2v) is 5.45. The number of amides is 2. The Morgan fingerprint density at radius 3 is 2.63 bits per heavy atom. The predicted molar refractivity (Wildman–Crippen MR) is 76.7 cm³/mol. The van der Waals surface area contributed by atoms with Gasteiger partial charge in [-0.3, -0.25) is 9.59 Å². The van der Waals surface area contributed by atoms with Gasteiger partial charge in [0.15, 0.2) is 0 Å². The van der Waals surface area contributed by atoms with Crippen molar-refractivity contribution < 1.29 is 9.59 Å². The maximum absolute atomic E-state index is 11.9. The second-order valence-electron chi connectivity index (χ2n) is 5.45. The molecule has 19 heavy (non-hydrogen) atoms. The molecule has 1 heterocycles. The van der Waals surface area contributed by atoms with Gasteiger partial charge in [-0.1, -0.05) is 39.5 Å². The van der Waals surface area contributed by atoms with E-state index >= 15 is 0 Å². The lowest BCUT2D eigenvalue weighted by molar-refractivity contribution is -0.129. The Morgan fingerprint density at radius 1 is 1.21 bits per heavy atom. The summed E-state index contributed by atoms with van der Waals surface area (Å²) in [5, 5.41) is 2.93. The molecule has 1 unspecified atom stereocenters. The highest BCUT2D eigenvalue weighted by atomic mass is 16.2. The summed E-state index contributed by atoms with van der Waals surface area (Å²) in [6, 6.07) is 0. The van der Waals surface area contributed by atoms with E-state index < -0.39 is 0 Å². The molecule has 1 aliphatic heterocycles. The first-order valence-electron chi connectivity index (χ1n) is 7.74. The number of nitrogens with one attached hydrogen (secondary N) is 1. The van der Waals surface area contributed by atoms with E-state index in [1.54, 1.807) is 0 Å². The molecule has 1 atom stereocenters. The smallest absolute Gasteiger partial charge is 0.225 e. The Labute approximate surface area is 116 Å². The van der Waals surface area contributed by atoms with Gasteiger partial charge in [-0.05, 0) is 12.8 Å². The molecule has 0 aliphatic carbocycles. The average Bonchev–Trinajstić information content (AvgIpc) is 2.76. The molecule has 2 amide bonds. The van der Waals surface area contributed by atoms with Crippen LogP contribution in [0.1, 0.15) is 58.8 Å². The van der Waals surface area contributed by atoms with Crippen molar-refractivity contribution in [3.05, 3.63) is 0 Å². The van der Waals surface area contributed by atoms with Crippen LogP contribution >= 0.6 is 0 Å². The van der Waals surface area contributed by atoms with Crippen LogP contribution in [0.5, 0.6) is 0 Å². The molecule has 1 saturated heterocycles. The van der Waals surface area contributed by atoms with Crippen LogP contribution in [0.2, 0.25) is 0 Å². The number of nitrogens with zero attached hydrogens (tertiary/aromatic N) is 1. The van der Waals surface area contributed by atoms with Gasteiger partial charge >= 0.3 is 0 Å². The molecule has 1 fully saturated rings. The highest BCUT2D eigenvalue weighted by Crippen LogP contribution is 2.18. The summed E-state index contributed by atoms with van der Waals surface area (Å²) in [7, 11) is 0. The molecule has 1 aliphatic rings. The van der Waals surface area contributed by atoms with Crippen molar-refractivity contribution in [2.24, 2.45) is 5.92 Å². The minimum Gasteiger partial charge on any atom is -0.356 e. The largest absolute Gasteiger partial charge is 0.356 e. The number of carbonyl (C=O) groups excluding carboxylic acids is 2. The third-order valence-electron chi connectivity index (χ3n) is 3.70. The van der Waals surface area contributed by atoms with Crippen LogP contribution in [-0.4, -0.2) is 36.3 Å².